The molecule has 0 radical (unpaired) electrons. The molecule has 1 aliphatic heterocycles. The van der Waals surface area contributed by atoms with Crippen LogP contribution in [0.3, 0.4) is 0 Å². The molecule has 2 amide bonds. The van der Waals surface area contributed by atoms with Gasteiger partial charge in [-0.3, -0.25) is 0 Å². The van der Waals surface area contributed by atoms with Crippen LogP contribution in [0.5, 0.6) is 0 Å². The molecular formula is C21H22FN3O. The molecule has 1 aliphatic rings. The van der Waals surface area contributed by atoms with Gasteiger partial charge in [0.25, 0.3) is 0 Å². The molecule has 26 heavy (non-hydrogen) atoms. The average Bonchev–Trinajstić information content (AvgIpc) is 2.64. The number of rotatable bonds is 4. The fraction of sp³-hybridized carbons (Fsp3) is 0.333. The summed E-state index contributed by atoms with van der Waals surface area (Å²) in [4.78, 5) is 13.9. The van der Waals surface area contributed by atoms with Crippen molar-refractivity contribution in [1.82, 2.24) is 10.2 Å². The van der Waals surface area contributed by atoms with Crippen molar-refractivity contribution < 1.29 is 9.18 Å². The molecule has 1 N–H and O–H groups in total. The molecule has 2 aromatic carbocycles. The first-order chi connectivity index (χ1) is 12.6. The van der Waals surface area contributed by atoms with Crippen molar-refractivity contribution in [2.45, 2.75) is 38.3 Å². The van der Waals surface area contributed by atoms with Gasteiger partial charge in [0.2, 0.25) is 0 Å². The maximum atomic E-state index is 13.4. The summed E-state index contributed by atoms with van der Waals surface area (Å²) in [7, 11) is 0. The second kappa shape index (κ2) is 7.57. The lowest BCUT2D eigenvalue weighted by atomic mass is 9.76. The van der Waals surface area contributed by atoms with Crippen LogP contribution in [0.25, 0.3) is 11.1 Å². The summed E-state index contributed by atoms with van der Waals surface area (Å²) in [6.07, 6.45) is 0.857. The highest BCUT2D eigenvalue weighted by Crippen LogP contribution is 2.40. The second-order valence-electron chi connectivity index (χ2n) is 6.61. The first kappa shape index (κ1) is 17.9. The highest BCUT2D eigenvalue weighted by molar-refractivity contribution is 5.77. The van der Waals surface area contributed by atoms with Gasteiger partial charge in [0.1, 0.15) is 11.9 Å². The number of urea groups is 1. The lowest BCUT2D eigenvalue weighted by Gasteiger charge is -2.50. The molecule has 1 heterocycles. The zero-order valence-electron chi connectivity index (χ0n) is 14.9. The molecule has 0 unspecified atom stereocenters. The van der Waals surface area contributed by atoms with Gasteiger partial charge in [-0.2, -0.15) is 5.26 Å². The Morgan fingerprint density at radius 3 is 2.58 bits per heavy atom. The number of benzene rings is 2. The van der Waals surface area contributed by atoms with Gasteiger partial charge in [-0.05, 0) is 42.2 Å². The van der Waals surface area contributed by atoms with Crippen molar-refractivity contribution >= 4 is 6.03 Å². The number of nitrogens with zero attached hydrogens (tertiary/aromatic N) is 2. The number of carbonyl (C=O) groups is 1. The smallest absolute Gasteiger partial charge is 0.318 e. The van der Waals surface area contributed by atoms with Gasteiger partial charge in [-0.1, -0.05) is 43.3 Å². The van der Waals surface area contributed by atoms with E-state index in [4.69, 9.17) is 0 Å². The minimum absolute atomic E-state index is 0.0195. The topological polar surface area (TPSA) is 56.1 Å². The number of hydrogen-bond acceptors (Lipinski definition) is 2. The van der Waals surface area contributed by atoms with Crippen LogP contribution in [0, 0.1) is 17.1 Å². The van der Waals surface area contributed by atoms with Crippen molar-refractivity contribution in [3.8, 4) is 17.2 Å². The summed E-state index contributed by atoms with van der Waals surface area (Å²) in [5.41, 5.74) is 2.76. The van der Waals surface area contributed by atoms with E-state index in [1.807, 2.05) is 44.2 Å². The summed E-state index contributed by atoms with van der Waals surface area (Å²) >= 11 is 0. The highest BCUT2D eigenvalue weighted by Gasteiger charge is 2.49. The highest BCUT2D eigenvalue weighted by atomic mass is 19.1. The maximum Gasteiger partial charge on any atom is 0.318 e. The Morgan fingerprint density at radius 2 is 1.96 bits per heavy atom. The van der Waals surface area contributed by atoms with E-state index >= 15 is 0 Å². The molecule has 0 saturated carbocycles. The predicted molar refractivity (Wildman–Crippen MR) is 99.0 cm³/mol. The van der Waals surface area contributed by atoms with Gasteiger partial charge in [0.15, 0.2) is 0 Å². The SMILES string of the molecule is CCCNC(=O)N1[C@H](C)[C@@H](c2ccc(-c3cccc(F)c3)cc2)[C@H]1C#N. The Labute approximate surface area is 153 Å². The van der Waals surface area contributed by atoms with E-state index < -0.39 is 6.04 Å². The van der Waals surface area contributed by atoms with Gasteiger partial charge in [-0.15, -0.1) is 0 Å². The van der Waals surface area contributed by atoms with Crippen molar-refractivity contribution in [2.75, 3.05) is 6.54 Å². The molecule has 0 aliphatic carbocycles. The average molecular weight is 351 g/mol. The number of amides is 2. The van der Waals surface area contributed by atoms with Gasteiger partial charge < -0.3 is 10.2 Å². The third-order valence-electron chi connectivity index (χ3n) is 4.94. The molecule has 0 spiro atoms. The molecule has 3 rings (SSSR count). The van der Waals surface area contributed by atoms with E-state index in [-0.39, 0.29) is 23.8 Å². The Kier molecular flexibility index (Phi) is 5.22. The van der Waals surface area contributed by atoms with Crippen LogP contribution in [0.4, 0.5) is 9.18 Å². The summed E-state index contributed by atoms with van der Waals surface area (Å²) in [5.74, 6) is -0.286. The lowest BCUT2D eigenvalue weighted by Crippen LogP contribution is -2.64. The number of hydrogen-bond donors (Lipinski definition) is 1. The molecular weight excluding hydrogens is 329 g/mol. The van der Waals surface area contributed by atoms with E-state index in [0.717, 1.165) is 23.1 Å². The van der Waals surface area contributed by atoms with Crippen molar-refractivity contribution in [1.29, 1.82) is 5.26 Å². The van der Waals surface area contributed by atoms with Crippen LogP contribution in [0.1, 0.15) is 31.7 Å². The van der Waals surface area contributed by atoms with Crippen molar-refractivity contribution in [3.05, 3.63) is 59.9 Å². The number of halogens is 1. The second-order valence-corrected chi connectivity index (χ2v) is 6.61. The third kappa shape index (κ3) is 3.28. The Bertz CT molecular complexity index is 828. The third-order valence-corrected chi connectivity index (χ3v) is 4.94. The summed E-state index contributed by atoms with van der Waals surface area (Å²) < 4.78 is 13.4. The van der Waals surface area contributed by atoms with Crippen LogP contribution in [0.2, 0.25) is 0 Å². The van der Waals surface area contributed by atoms with E-state index in [9.17, 15) is 14.4 Å². The molecule has 0 bridgehead atoms. The van der Waals surface area contributed by atoms with Crippen molar-refractivity contribution in [2.24, 2.45) is 0 Å². The Morgan fingerprint density at radius 1 is 1.23 bits per heavy atom. The molecule has 134 valence electrons. The van der Waals surface area contributed by atoms with Gasteiger partial charge in [0.05, 0.1) is 6.07 Å². The van der Waals surface area contributed by atoms with Gasteiger partial charge >= 0.3 is 6.03 Å². The predicted octanol–water partition coefficient (Wildman–Crippen LogP) is 4.29. The van der Waals surface area contributed by atoms with Gasteiger partial charge in [0, 0.05) is 18.5 Å². The Balaban J connectivity index is 1.77. The molecule has 1 fully saturated rings. The largest absolute Gasteiger partial charge is 0.338 e. The fourth-order valence-electron chi connectivity index (χ4n) is 3.57. The van der Waals surface area contributed by atoms with E-state index in [1.165, 1.54) is 12.1 Å². The van der Waals surface area contributed by atoms with Crippen LogP contribution in [-0.2, 0) is 0 Å². The quantitative estimate of drug-likeness (QED) is 0.893. The normalized spacial score (nSPS) is 21.6. The molecule has 0 aromatic heterocycles. The maximum absolute atomic E-state index is 13.4. The van der Waals surface area contributed by atoms with Crippen LogP contribution in [-0.4, -0.2) is 29.6 Å². The lowest BCUT2D eigenvalue weighted by molar-refractivity contribution is 0.0644. The van der Waals surface area contributed by atoms with Gasteiger partial charge in [-0.25, -0.2) is 9.18 Å². The number of carbonyl (C=O) groups excluding carboxylic acids is 1. The molecule has 1 saturated heterocycles. The molecule has 2 aromatic rings. The van der Waals surface area contributed by atoms with E-state index in [2.05, 4.69) is 11.4 Å². The molecule has 5 heteroatoms. The minimum atomic E-state index is -0.470. The zero-order valence-corrected chi connectivity index (χ0v) is 14.9. The van der Waals surface area contributed by atoms with Crippen LogP contribution in [0.15, 0.2) is 48.5 Å². The van der Waals surface area contributed by atoms with Crippen LogP contribution < -0.4 is 5.32 Å². The van der Waals surface area contributed by atoms with Crippen LogP contribution >= 0.6 is 0 Å². The number of nitriles is 1. The number of likely N-dealkylation sites (tertiary alicyclic amines) is 1. The fourth-order valence-corrected chi connectivity index (χ4v) is 3.57. The molecule has 3 atom stereocenters. The first-order valence-corrected chi connectivity index (χ1v) is 8.88. The van der Waals surface area contributed by atoms with E-state index in [1.54, 1.807) is 11.0 Å². The molecule has 4 nitrogen and oxygen atoms in total. The monoisotopic (exact) mass is 351 g/mol. The summed E-state index contributed by atoms with van der Waals surface area (Å²) in [5, 5.41) is 12.4. The minimum Gasteiger partial charge on any atom is -0.338 e. The standard InChI is InChI=1S/C21H22FN3O/c1-3-11-24-21(26)25-14(2)20(19(25)13-23)16-9-7-15(8-10-16)17-5-4-6-18(22)12-17/h4-10,12,14,19-20H,3,11H2,1-2H3,(H,24,26)/t14-,19-,20+/m1/s1. The van der Waals surface area contributed by atoms with E-state index in [0.29, 0.717) is 6.54 Å². The zero-order chi connectivity index (χ0) is 18.7. The number of nitrogens with one attached hydrogen (secondary N) is 1. The summed E-state index contributed by atoms with van der Waals surface area (Å²) in [6.45, 7) is 4.56. The summed E-state index contributed by atoms with van der Waals surface area (Å²) in [6, 6.07) is 15.8. The first-order valence-electron chi connectivity index (χ1n) is 8.88. The Hall–Kier alpha value is -2.87. The van der Waals surface area contributed by atoms with Crippen molar-refractivity contribution in [3.63, 3.8) is 0 Å².